The van der Waals surface area contributed by atoms with E-state index in [9.17, 15) is 0 Å². The fourth-order valence-electron chi connectivity index (χ4n) is 1.41. The van der Waals surface area contributed by atoms with Crippen LogP contribution in [0.25, 0.3) is 11.1 Å². The SMILES string of the molecule is CC.CC(C)c1ccc(-c2cnoc2)cc1. The van der Waals surface area contributed by atoms with Gasteiger partial charge in [-0.05, 0) is 17.0 Å². The van der Waals surface area contributed by atoms with E-state index < -0.39 is 0 Å². The lowest BCUT2D eigenvalue weighted by Gasteiger charge is -2.05. The summed E-state index contributed by atoms with van der Waals surface area (Å²) in [6.45, 7) is 8.38. The molecule has 86 valence electrons. The average Bonchev–Trinajstić information content (AvgIpc) is 2.85. The van der Waals surface area contributed by atoms with Gasteiger partial charge in [0.05, 0.1) is 6.20 Å². The molecule has 0 aliphatic rings. The van der Waals surface area contributed by atoms with Gasteiger partial charge in [-0.1, -0.05) is 57.1 Å². The molecule has 0 fully saturated rings. The second-order valence-electron chi connectivity index (χ2n) is 3.69. The Labute approximate surface area is 97.3 Å². The van der Waals surface area contributed by atoms with Gasteiger partial charge in [-0.2, -0.15) is 0 Å². The second kappa shape index (κ2) is 6.11. The highest BCUT2D eigenvalue weighted by atomic mass is 16.5. The Hall–Kier alpha value is -1.57. The maximum absolute atomic E-state index is 4.80. The van der Waals surface area contributed by atoms with E-state index in [2.05, 4.69) is 43.3 Å². The quantitative estimate of drug-likeness (QED) is 0.740. The van der Waals surface area contributed by atoms with Crippen molar-refractivity contribution < 1.29 is 4.52 Å². The fraction of sp³-hybridized carbons (Fsp3) is 0.357. The van der Waals surface area contributed by atoms with Crippen molar-refractivity contribution in [3.05, 3.63) is 42.3 Å². The number of hydrogen-bond acceptors (Lipinski definition) is 2. The van der Waals surface area contributed by atoms with Crippen LogP contribution in [-0.4, -0.2) is 5.16 Å². The van der Waals surface area contributed by atoms with E-state index in [1.54, 1.807) is 12.5 Å². The molecule has 0 atom stereocenters. The van der Waals surface area contributed by atoms with Crippen LogP contribution in [0.1, 0.15) is 39.2 Å². The Kier molecular flexibility index (Phi) is 4.77. The van der Waals surface area contributed by atoms with E-state index in [4.69, 9.17) is 4.52 Å². The smallest absolute Gasteiger partial charge is 0.131 e. The summed E-state index contributed by atoms with van der Waals surface area (Å²) in [7, 11) is 0. The molecule has 16 heavy (non-hydrogen) atoms. The minimum atomic E-state index is 0.575. The van der Waals surface area contributed by atoms with Crippen molar-refractivity contribution in [1.82, 2.24) is 5.16 Å². The van der Waals surface area contributed by atoms with Crippen LogP contribution in [0.4, 0.5) is 0 Å². The molecule has 2 nitrogen and oxygen atoms in total. The first kappa shape index (κ1) is 12.5. The van der Waals surface area contributed by atoms with Crippen LogP contribution < -0.4 is 0 Å². The predicted octanol–water partition coefficient (Wildman–Crippen LogP) is 4.49. The molecule has 1 aromatic heterocycles. The minimum Gasteiger partial charge on any atom is -0.364 e. The zero-order valence-electron chi connectivity index (χ0n) is 10.4. The molecule has 1 heterocycles. The van der Waals surface area contributed by atoms with Gasteiger partial charge in [0.1, 0.15) is 6.26 Å². The summed E-state index contributed by atoms with van der Waals surface area (Å²) >= 11 is 0. The molecule has 0 radical (unpaired) electrons. The summed E-state index contributed by atoms with van der Waals surface area (Å²) in [5.74, 6) is 0.575. The van der Waals surface area contributed by atoms with Crippen molar-refractivity contribution in [2.45, 2.75) is 33.6 Å². The molecule has 0 bridgehead atoms. The van der Waals surface area contributed by atoms with Gasteiger partial charge in [-0.15, -0.1) is 0 Å². The Bertz CT molecular complexity index is 387. The normalized spacial score (nSPS) is 9.81. The minimum absolute atomic E-state index is 0.575. The maximum Gasteiger partial charge on any atom is 0.131 e. The third-order valence-corrected chi connectivity index (χ3v) is 2.34. The van der Waals surface area contributed by atoms with Gasteiger partial charge in [0.15, 0.2) is 0 Å². The highest BCUT2D eigenvalue weighted by molar-refractivity contribution is 5.61. The maximum atomic E-state index is 4.80. The molecule has 2 aromatic rings. The Balaban J connectivity index is 0.000000606. The summed E-state index contributed by atoms with van der Waals surface area (Å²) in [5, 5.41) is 3.68. The molecule has 0 aliphatic carbocycles. The van der Waals surface area contributed by atoms with Crippen LogP contribution in [0.15, 0.2) is 41.2 Å². The summed E-state index contributed by atoms with van der Waals surface area (Å²) in [4.78, 5) is 0. The van der Waals surface area contributed by atoms with Gasteiger partial charge in [0, 0.05) is 5.56 Å². The van der Waals surface area contributed by atoms with Crippen molar-refractivity contribution >= 4 is 0 Å². The van der Waals surface area contributed by atoms with Gasteiger partial charge < -0.3 is 4.52 Å². The van der Waals surface area contributed by atoms with Gasteiger partial charge >= 0.3 is 0 Å². The second-order valence-corrected chi connectivity index (χ2v) is 3.69. The van der Waals surface area contributed by atoms with Crippen molar-refractivity contribution in [1.29, 1.82) is 0 Å². The summed E-state index contributed by atoms with van der Waals surface area (Å²) in [5.41, 5.74) is 3.53. The van der Waals surface area contributed by atoms with E-state index in [1.165, 1.54) is 5.56 Å². The van der Waals surface area contributed by atoms with Gasteiger partial charge in [-0.25, -0.2) is 0 Å². The van der Waals surface area contributed by atoms with E-state index in [-0.39, 0.29) is 0 Å². The van der Waals surface area contributed by atoms with Gasteiger partial charge in [-0.3, -0.25) is 0 Å². The molecule has 2 heteroatoms. The Morgan fingerprint density at radius 3 is 2.06 bits per heavy atom. The van der Waals surface area contributed by atoms with E-state index in [1.807, 2.05) is 13.8 Å². The molecule has 2 rings (SSSR count). The molecule has 0 saturated heterocycles. The monoisotopic (exact) mass is 217 g/mol. The summed E-state index contributed by atoms with van der Waals surface area (Å²) in [6, 6.07) is 8.49. The third-order valence-electron chi connectivity index (χ3n) is 2.34. The largest absolute Gasteiger partial charge is 0.364 e. The van der Waals surface area contributed by atoms with Crippen LogP contribution in [0.2, 0.25) is 0 Å². The molecule has 0 unspecified atom stereocenters. The van der Waals surface area contributed by atoms with E-state index >= 15 is 0 Å². The number of hydrogen-bond donors (Lipinski definition) is 0. The topological polar surface area (TPSA) is 26.0 Å². The third kappa shape index (κ3) is 2.96. The molecule has 0 aliphatic heterocycles. The predicted molar refractivity (Wildman–Crippen MR) is 67.4 cm³/mol. The lowest BCUT2D eigenvalue weighted by molar-refractivity contribution is 0.420. The first-order chi connectivity index (χ1) is 7.77. The zero-order valence-corrected chi connectivity index (χ0v) is 10.4. The van der Waals surface area contributed by atoms with Crippen LogP contribution in [0.5, 0.6) is 0 Å². The van der Waals surface area contributed by atoms with Gasteiger partial charge in [0.25, 0.3) is 0 Å². The zero-order chi connectivity index (χ0) is 12.0. The average molecular weight is 217 g/mol. The van der Waals surface area contributed by atoms with Crippen LogP contribution in [-0.2, 0) is 0 Å². The molecule has 1 aromatic carbocycles. The standard InChI is InChI=1S/C12H13NO.C2H6/c1-9(2)10-3-5-11(6-4-10)12-7-13-14-8-12;1-2/h3-9H,1-2H3;1-2H3. The lowest BCUT2D eigenvalue weighted by atomic mass is 10.0. The summed E-state index contributed by atoms with van der Waals surface area (Å²) < 4.78 is 4.80. The first-order valence-electron chi connectivity index (χ1n) is 5.77. The molecule has 0 spiro atoms. The first-order valence-corrected chi connectivity index (χ1v) is 5.77. The Morgan fingerprint density at radius 1 is 1.00 bits per heavy atom. The van der Waals surface area contributed by atoms with Crippen LogP contribution in [0.3, 0.4) is 0 Å². The number of aromatic nitrogens is 1. The number of nitrogens with zero attached hydrogens (tertiary/aromatic N) is 1. The molecular formula is C14H19NO. The van der Waals surface area contributed by atoms with Crippen molar-refractivity contribution in [2.75, 3.05) is 0 Å². The molecule has 0 saturated carbocycles. The number of rotatable bonds is 2. The molecular weight excluding hydrogens is 198 g/mol. The molecule has 0 amide bonds. The van der Waals surface area contributed by atoms with Crippen LogP contribution >= 0.6 is 0 Å². The van der Waals surface area contributed by atoms with Crippen LogP contribution in [0, 0.1) is 0 Å². The van der Waals surface area contributed by atoms with Crippen molar-refractivity contribution in [3.63, 3.8) is 0 Å². The highest BCUT2D eigenvalue weighted by Gasteiger charge is 2.01. The fourth-order valence-corrected chi connectivity index (χ4v) is 1.41. The highest BCUT2D eigenvalue weighted by Crippen LogP contribution is 2.21. The molecule has 0 N–H and O–H groups in total. The van der Waals surface area contributed by atoms with Crippen molar-refractivity contribution in [3.8, 4) is 11.1 Å². The number of benzene rings is 1. The van der Waals surface area contributed by atoms with E-state index in [0.29, 0.717) is 5.92 Å². The Morgan fingerprint density at radius 2 is 1.62 bits per heavy atom. The van der Waals surface area contributed by atoms with Crippen molar-refractivity contribution in [2.24, 2.45) is 0 Å². The summed E-state index contributed by atoms with van der Waals surface area (Å²) in [6.07, 6.45) is 3.38. The lowest BCUT2D eigenvalue weighted by Crippen LogP contribution is -1.85. The van der Waals surface area contributed by atoms with E-state index in [0.717, 1.165) is 11.1 Å². The van der Waals surface area contributed by atoms with Gasteiger partial charge in [0.2, 0.25) is 0 Å².